The lowest BCUT2D eigenvalue weighted by molar-refractivity contribution is 1.18. The second kappa shape index (κ2) is 13.3. The molecule has 0 bridgehead atoms. The van der Waals surface area contributed by atoms with Crippen LogP contribution in [0.1, 0.15) is 0 Å². The van der Waals surface area contributed by atoms with Gasteiger partial charge in [-0.05, 0) is 94.0 Å². The van der Waals surface area contributed by atoms with Gasteiger partial charge in [-0.2, -0.15) is 0 Å². The molecule has 0 aliphatic carbocycles. The van der Waals surface area contributed by atoms with Crippen LogP contribution in [0.25, 0.3) is 88.4 Å². The molecule has 0 saturated heterocycles. The molecular weight excluding hydrogens is 626 g/mol. The molecule has 2 aromatic heterocycles. The first-order valence-electron chi connectivity index (χ1n) is 17.5. The monoisotopic (exact) mass is 658 g/mol. The number of hydrogen-bond donors (Lipinski definition) is 0. The van der Waals surface area contributed by atoms with E-state index in [-0.39, 0.29) is 0 Å². The van der Waals surface area contributed by atoms with E-state index in [9.17, 15) is 0 Å². The Labute approximate surface area is 306 Å². The Morgan fingerprint density at radius 1 is 0.250 bits per heavy atom. The van der Waals surface area contributed by atoms with E-state index in [1.54, 1.807) is 0 Å². The smallest absolute Gasteiger partial charge is 0.0541 e. The molecular formula is C48H32B2N2. The number of fused-ring (bicyclic) bond motifs is 6. The summed E-state index contributed by atoms with van der Waals surface area (Å²) in [6.45, 7) is 0. The molecule has 0 N–H and O–H groups in total. The highest BCUT2D eigenvalue weighted by molar-refractivity contribution is 6.75. The third-order valence-electron chi connectivity index (χ3n) is 10.1. The van der Waals surface area contributed by atoms with Crippen LogP contribution in [0.5, 0.6) is 0 Å². The minimum atomic E-state index is 1.16. The van der Waals surface area contributed by atoms with Gasteiger partial charge in [0.25, 0.3) is 0 Å². The number of nitrogens with zero attached hydrogens (tertiary/aromatic N) is 2. The topological polar surface area (TPSA) is 9.86 Å². The molecule has 0 spiro atoms. The molecule has 240 valence electrons. The molecule has 0 aliphatic heterocycles. The molecule has 0 aliphatic rings. The van der Waals surface area contributed by atoms with Gasteiger partial charge in [0.1, 0.15) is 0 Å². The maximum absolute atomic E-state index is 4.00. The zero-order valence-electron chi connectivity index (χ0n) is 28.5. The first-order valence-corrected chi connectivity index (χ1v) is 17.5. The summed E-state index contributed by atoms with van der Waals surface area (Å²) in [5, 5.41) is 5.02. The molecule has 10 rings (SSSR count). The predicted molar refractivity (Wildman–Crippen MR) is 223 cm³/mol. The van der Waals surface area contributed by atoms with Crippen LogP contribution in [0.3, 0.4) is 0 Å². The largest absolute Gasteiger partial charge is 0.309 e. The van der Waals surface area contributed by atoms with Gasteiger partial charge in [-0.1, -0.05) is 133 Å². The first kappa shape index (κ1) is 31.5. The molecule has 2 nitrogen and oxygen atoms in total. The Kier molecular flexibility index (Phi) is 8.06. The molecule has 0 atom stereocenters. The summed E-state index contributed by atoms with van der Waals surface area (Å²) >= 11 is 0. The fraction of sp³-hybridized carbons (Fsp3) is 0. The highest BCUT2D eigenvalue weighted by Gasteiger charge is 2.16. The lowest BCUT2D eigenvalue weighted by atomic mass is 9.81. The van der Waals surface area contributed by atoms with Gasteiger partial charge in [0.2, 0.25) is 0 Å². The highest BCUT2D eigenvalue weighted by atomic mass is 15.0. The Bertz CT molecular complexity index is 2670. The number of rotatable bonds is 5. The normalized spacial score (nSPS) is 11.2. The summed E-state index contributed by atoms with van der Waals surface area (Å²) in [6.07, 6.45) is 0. The van der Waals surface area contributed by atoms with Crippen LogP contribution in [0, 0.1) is 0 Å². The summed E-state index contributed by atoms with van der Waals surface area (Å²) in [7, 11) is 8.00. The fourth-order valence-electron chi connectivity index (χ4n) is 7.77. The van der Waals surface area contributed by atoms with Gasteiger partial charge < -0.3 is 9.13 Å². The van der Waals surface area contributed by atoms with E-state index in [4.69, 9.17) is 0 Å². The first-order chi connectivity index (χ1) is 25.8. The van der Waals surface area contributed by atoms with Crippen LogP contribution < -0.4 is 0 Å². The summed E-state index contributed by atoms with van der Waals surface area (Å²) in [4.78, 5) is 0. The predicted octanol–water partition coefficient (Wildman–Crippen LogP) is 12.1. The average Bonchev–Trinajstić information content (AvgIpc) is 3.74. The van der Waals surface area contributed by atoms with Gasteiger partial charge in [0.15, 0.2) is 0 Å². The maximum atomic E-state index is 4.00. The van der Waals surface area contributed by atoms with Crippen molar-refractivity contribution < 1.29 is 0 Å². The van der Waals surface area contributed by atoms with Crippen molar-refractivity contribution in [1.29, 1.82) is 0 Å². The molecule has 4 heteroatoms. The van der Waals surface area contributed by atoms with E-state index in [1.165, 1.54) is 77.0 Å². The van der Waals surface area contributed by atoms with E-state index in [2.05, 4.69) is 219 Å². The lowest BCUT2D eigenvalue weighted by Crippen LogP contribution is -1.94. The average molecular weight is 658 g/mol. The van der Waals surface area contributed by atoms with Crippen LogP contribution in [0.15, 0.2) is 194 Å². The maximum Gasteiger partial charge on any atom is 0.0541 e. The number of hydrogen-bond acceptors (Lipinski definition) is 0. The van der Waals surface area contributed by atoms with Crippen molar-refractivity contribution in [2.24, 2.45) is 0 Å². The molecule has 0 fully saturated rings. The standard InChI is InChI=1S/C48H32N2.B2/c1-3-13-33(14-4-1)35-17-11-19-39(29-35)49-45-23-9-7-21-41(45)43-31-37(25-27-47(43)49)38-26-28-48-44(32-38)42-22-8-10-24-46(42)50(48)40-20-12-18-36(30-40)34-15-5-2-6-16-34;1-2/h1-32H;. The fourth-order valence-corrected chi connectivity index (χ4v) is 7.77. The van der Waals surface area contributed by atoms with Crippen molar-refractivity contribution in [1.82, 2.24) is 9.13 Å². The van der Waals surface area contributed by atoms with E-state index < -0.39 is 0 Å². The highest BCUT2D eigenvalue weighted by Crippen LogP contribution is 2.39. The lowest BCUT2D eigenvalue weighted by Gasteiger charge is -2.11. The van der Waals surface area contributed by atoms with Crippen LogP contribution in [-0.2, 0) is 0 Å². The number of aromatic nitrogens is 2. The van der Waals surface area contributed by atoms with Crippen LogP contribution in [0.2, 0.25) is 0 Å². The number of benzene rings is 8. The second-order valence-electron chi connectivity index (χ2n) is 13.0. The van der Waals surface area contributed by atoms with Gasteiger partial charge in [0, 0.05) is 48.4 Å². The third-order valence-corrected chi connectivity index (χ3v) is 10.1. The zero-order valence-corrected chi connectivity index (χ0v) is 28.5. The molecule has 10 aromatic rings. The van der Waals surface area contributed by atoms with Crippen LogP contribution in [0.4, 0.5) is 0 Å². The van der Waals surface area contributed by atoms with E-state index in [0.717, 1.165) is 11.4 Å². The second-order valence-corrected chi connectivity index (χ2v) is 13.0. The van der Waals surface area contributed by atoms with Gasteiger partial charge >= 0.3 is 0 Å². The Balaban J connectivity index is 0.00000177. The van der Waals surface area contributed by atoms with Crippen LogP contribution >= 0.6 is 0 Å². The van der Waals surface area contributed by atoms with Crippen molar-refractivity contribution in [2.75, 3.05) is 0 Å². The Morgan fingerprint density at radius 2 is 0.596 bits per heavy atom. The molecule has 0 unspecified atom stereocenters. The Hall–Kier alpha value is -6.51. The van der Waals surface area contributed by atoms with E-state index >= 15 is 0 Å². The van der Waals surface area contributed by atoms with Gasteiger partial charge in [-0.15, -0.1) is 0 Å². The molecule has 2 heterocycles. The van der Waals surface area contributed by atoms with Crippen molar-refractivity contribution in [3.05, 3.63) is 194 Å². The van der Waals surface area contributed by atoms with Gasteiger partial charge in [-0.25, -0.2) is 0 Å². The minimum Gasteiger partial charge on any atom is -0.309 e. The molecule has 8 aromatic carbocycles. The van der Waals surface area contributed by atoms with Gasteiger partial charge in [0.05, 0.1) is 22.1 Å². The summed E-state index contributed by atoms with van der Waals surface area (Å²) in [5.41, 5.74) is 14.4. The van der Waals surface area contributed by atoms with Crippen molar-refractivity contribution in [2.45, 2.75) is 0 Å². The van der Waals surface area contributed by atoms with Crippen LogP contribution in [-0.4, -0.2) is 24.6 Å². The molecule has 0 amide bonds. The van der Waals surface area contributed by atoms with E-state index in [0.29, 0.717) is 0 Å². The quantitative estimate of drug-likeness (QED) is 0.163. The number of para-hydroxylation sites is 2. The van der Waals surface area contributed by atoms with Crippen molar-refractivity contribution >= 4 is 59.1 Å². The summed E-state index contributed by atoms with van der Waals surface area (Å²) < 4.78 is 4.81. The summed E-state index contributed by atoms with van der Waals surface area (Å²) in [6, 6.07) is 70.4. The van der Waals surface area contributed by atoms with Gasteiger partial charge in [-0.3, -0.25) is 0 Å². The Morgan fingerprint density at radius 3 is 1.04 bits per heavy atom. The SMILES string of the molecule is [B][B].c1ccc(-c2cccc(-n3c4ccccc4c4cc(-c5ccc6c(c5)c5ccccc5n6-c5cccc(-c6ccccc6)c5)ccc43)c2)cc1. The third kappa shape index (κ3) is 5.32. The van der Waals surface area contributed by atoms with E-state index in [1.807, 2.05) is 0 Å². The molecule has 0 saturated carbocycles. The molecule has 52 heavy (non-hydrogen) atoms. The zero-order chi connectivity index (χ0) is 35.0. The van der Waals surface area contributed by atoms with Crippen molar-refractivity contribution in [3.8, 4) is 44.8 Å². The van der Waals surface area contributed by atoms with Crippen molar-refractivity contribution in [3.63, 3.8) is 0 Å². The molecule has 4 radical (unpaired) electrons. The summed E-state index contributed by atoms with van der Waals surface area (Å²) in [5.74, 6) is 0. The minimum absolute atomic E-state index is 1.16.